The monoisotopic (exact) mass is 454 g/mol. The van der Waals surface area contributed by atoms with Crippen LogP contribution in [0.4, 0.5) is 4.39 Å². The molecule has 1 aliphatic rings. The molecular formula is C24H27FN4O4. The first-order chi connectivity index (χ1) is 16.1. The van der Waals surface area contributed by atoms with Gasteiger partial charge in [-0.2, -0.15) is 4.98 Å². The highest BCUT2D eigenvalue weighted by molar-refractivity contribution is 5.76. The Morgan fingerprint density at radius 1 is 1.15 bits per heavy atom. The largest absolute Gasteiger partial charge is 0.497 e. The Kier molecular flexibility index (Phi) is 7.64. The zero-order valence-corrected chi connectivity index (χ0v) is 18.5. The molecular weight excluding hydrogens is 427 g/mol. The topological polar surface area (TPSA) is 89.7 Å². The van der Waals surface area contributed by atoms with Crippen LogP contribution >= 0.6 is 0 Å². The molecule has 2 heterocycles. The van der Waals surface area contributed by atoms with Gasteiger partial charge in [0.25, 0.3) is 0 Å². The summed E-state index contributed by atoms with van der Waals surface area (Å²) in [7, 11) is 1.64. The maximum Gasteiger partial charge on any atom is 0.227 e. The second-order valence-corrected chi connectivity index (χ2v) is 7.76. The average molecular weight is 455 g/mol. The van der Waals surface area contributed by atoms with Gasteiger partial charge in [0.1, 0.15) is 11.6 Å². The van der Waals surface area contributed by atoms with Crippen molar-refractivity contribution in [2.24, 2.45) is 0 Å². The molecule has 0 spiro atoms. The van der Waals surface area contributed by atoms with Gasteiger partial charge < -0.3 is 19.3 Å². The lowest BCUT2D eigenvalue weighted by Gasteiger charge is -2.35. The summed E-state index contributed by atoms with van der Waals surface area (Å²) < 4.78 is 29.1. The number of carbonyl (C=O) groups excluding carboxylic acids is 1. The number of morpholine rings is 1. The molecule has 0 saturated carbocycles. The van der Waals surface area contributed by atoms with Crippen LogP contribution in [0.25, 0.3) is 11.4 Å². The van der Waals surface area contributed by atoms with Crippen molar-refractivity contribution in [2.45, 2.75) is 18.9 Å². The summed E-state index contributed by atoms with van der Waals surface area (Å²) in [5, 5.41) is 6.95. The van der Waals surface area contributed by atoms with Gasteiger partial charge in [-0.3, -0.25) is 9.69 Å². The second kappa shape index (κ2) is 11.0. The molecule has 0 radical (unpaired) electrons. The number of ether oxygens (including phenoxy) is 2. The SMILES string of the molecule is COc1ccc([C@@H](CNC(=O)CCc2nc(-c3ccc(F)cc3)no2)N2CCOCC2)cc1. The summed E-state index contributed by atoms with van der Waals surface area (Å²) in [4.78, 5) is 19.2. The van der Waals surface area contributed by atoms with Gasteiger partial charge >= 0.3 is 0 Å². The van der Waals surface area contributed by atoms with Crippen molar-refractivity contribution in [1.82, 2.24) is 20.4 Å². The van der Waals surface area contributed by atoms with E-state index in [9.17, 15) is 9.18 Å². The maximum absolute atomic E-state index is 13.1. The van der Waals surface area contributed by atoms with E-state index in [1.54, 1.807) is 19.2 Å². The van der Waals surface area contributed by atoms with Crippen LogP contribution in [-0.2, 0) is 16.0 Å². The zero-order valence-electron chi connectivity index (χ0n) is 18.5. The van der Waals surface area contributed by atoms with Crippen LogP contribution < -0.4 is 10.1 Å². The van der Waals surface area contributed by atoms with Crippen molar-refractivity contribution < 1.29 is 23.2 Å². The summed E-state index contributed by atoms with van der Waals surface area (Å²) >= 11 is 0. The predicted molar refractivity (Wildman–Crippen MR) is 119 cm³/mol. The number of benzene rings is 2. The van der Waals surface area contributed by atoms with Gasteiger partial charge in [-0.25, -0.2) is 4.39 Å². The molecule has 0 unspecified atom stereocenters. The fourth-order valence-corrected chi connectivity index (χ4v) is 3.76. The molecule has 0 aliphatic carbocycles. The quantitative estimate of drug-likeness (QED) is 0.532. The molecule has 33 heavy (non-hydrogen) atoms. The molecule has 0 bridgehead atoms. The fraction of sp³-hybridized carbons (Fsp3) is 0.375. The molecule has 9 heteroatoms. The Bertz CT molecular complexity index is 1030. The molecule has 1 saturated heterocycles. The van der Waals surface area contributed by atoms with E-state index >= 15 is 0 Å². The average Bonchev–Trinajstić information content (AvgIpc) is 3.33. The smallest absolute Gasteiger partial charge is 0.227 e. The summed E-state index contributed by atoms with van der Waals surface area (Å²) in [6, 6.07) is 13.8. The van der Waals surface area contributed by atoms with Crippen LogP contribution in [-0.4, -0.2) is 60.9 Å². The van der Waals surface area contributed by atoms with Crippen molar-refractivity contribution in [1.29, 1.82) is 0 Å². The highest BCUT2D eigenvalue weighted by Gasteiger charge is 2.23. The van der Waals surface area contributed by atoms with E-state index in [0.29, 0.717) is 43.5 Å². The molecule has 1 N–H and O–H groups in total. The highest BCUT2D eigenvalue weighted by Crippen LogP contribution is 2.24. The van der Waals surface area contributed by atoms with Crippen LogP contribution in [0.2, 0.25) is 0 Å². The fourth-order valence-electron chi connectivity index (χ4n) is 3.76. The molecule has 8 nitrogen and oxygen atoms in total. The number of aryl methyl sites for hydroxylation is 1. The summed E-state index contributed by atoms with van der Waals surface area (Å²) in [5.74, 6) is 1.11. The normalized spacial score (nSPS) is 15.2. The minimum Gasteiger partial charge on any atom is -0.497 e. The number of rotatable bonds is 9. The number of methoxy groups -OCH3 is 1. The van der Waals surface area contributed by atoms with E-state index in [2.05, 4.69) is 20.4 Å². The standard InChI is InChI=1S/C24H27FN4O4/c1-31-20-8-4-17(5-9-20)21(29-12-14-32-15-13-29)16-26-22(30)10-11-23-27-24(28-33-23)18-2-6-19(25)7-3-18/h2-9,21H,10-16H2,1H3,(H,26,30)/t21-/m1/s1. The number of amides is 1. The van der Waals surface area contributed by atoms with Crippen molar-refractivity contribution in [3.63, 3.8) is 0 Å². The van der Waals surface area contributed by atoms with Crippen LogP contribution in [0.5, 0.6) is 5.75 Å². The molecule has 2 aromatic carbocycles. The van der Waals surface area contributed by atoms with Gasteiger partial charge in [-0.15, -0.1) is 0 Å². The molecule has 1 aliphatic heterocycles. The Hall–Kier alpha value is -3.30. The van der Waals surface area contributed by atoms with Crippen molar-refractivity contribution in [3.05, 3.63) is 65.8 Å². The third-order valence-corrected chi connectivity index (χ3v) is 5.62. The van der Waals surface area contributed by atoms with Gasteiger partial charge in [0.05, 0.1) is 26.4 Å². The number of hydrogen-bond donors (Lipinski definition) is 1. The van der Waals surface area contributed by atoms with Gasteiger partial charge in [-0.1, -0.05) is 17.3 Å². The molecule has 1 aromatic heterocycles. The zero-order chi connectivity index (χ0) is 23.0. The number of halogens is 1. The lowest BCUT2D eigenvalue weighted by molar-refractivity contribution is -0.121. The first-order valence-electron chi connectivity index (χ1n) is 10.9. The number of nitrogens with one attached hydrogen (secondary N) is 1. The first kappa shape index (κ1) is 22.9. The Labute approximate surface area is 191 Å². The van der Waals surface area contributed by atoms with Crippen LogP contribution in [0.1, 0.15) is 23.9 Å². The molecule has 3 aromatic rings. The summed E-state index contributed by atoms with van der Waals surface area (Å²) in [6.45, 7) is 3.44. The molecule has 1 fully saturated rings. The highest BCUT2D eigenvalue weighted by atomic mass is 19.1. The van der Waals surface area contributed by atoms with Gasteiger partial charge in [0.15, 0.2) is 0 Å². The third-order valence-electron chi connectivity index (χ3n) is 5.62. The third kappa shape index (κ3) is 6.15. The van der Waals surface area contributed by atoms with E-state index in [4.69, 9.17) is 14.0 Å². The van der Waals surface area contributed by atoms with E-state index < -0.39 is 0 Å². The maximum atomic E-state index is 13.1. The predicted octanol–water partition coefficient (Wildman–Crippen LogP) is 3.01. The van der Waals surface area contributed by atoms with Gasteiger partial charge in [-0.05, 0) is 42.0 Å². The Morgan fingerprint density at radius 3 is 2.58 bits per heavy atom. The first-order valence-corrected chi connectivity index (χ1v) is 10.9. The van der Waals surface area contributed by atoms with Crippen LogP contribution in [0, 0.1) is 5.82 Å². The van der Waals surface area contributed by atoms with Crippen molar-refractivity contribution in [2.75, 3.05) is 40.0 Å². The van der Waals surface area contributed by atoms with E-state index in [0.717, 1.165) is 24.4 Å². The lowest BCUT2D eigenvalue weighted by atomic mass is 10.0. The molecule has 4 rings (SSSR count). The van der Waals surface area contributed by atoms with Crippen molar-refractivity contribution in [3.8, 4) is 17.1 Å². The number of nitrogens with zero attached hydrogens (tertiary/aromatic N) is 3. The number of aromatic nitrogens is 2. The minimum atomic E-state index is -0.329. The molecule has 1 amide bonds. The van der Waals surface area contributed by atoms with E-state index in [1.165, 1.54) is 12.1 Å². The number of hydrogen-bond acceptors (Lipinski definition) is 7. The summed E-state index contributed by atoms with van der Waals surface area (Å²) in [5.41, 5.74) is 1.77. The summed E-state index contributed by atoms with van der Waals surface area (Å²) in [6.07, 6.45) is 0.550. The second-order valence-electron chi connectivity index (χ2n) is 7.76. The van der Waals surface area contributed by atoms with Crippen LogP contribution in [0.3, 0.4) is 0 Å². The Balaban J connectivity index is 1.33. The van der Waals surface area contributed by atoms with Gasteiger partial charge in [0.2, 0.25) is 17.6 Å². The Morgan fingerprint density at radius 2 is 1.88 bits per heavy atom. The molecule has 174 valence electrons. The lowest BCUT2D eigenvalue weighted by Crippen LogP contribution is -2.43. The van der Waals surface area contributed by atoms with E-state index in [-0.39, 0.29) is 24.2 Å². The minimum absolute atomic E-state index is 0.0391. The van der Waals surface area contributed by atoms with Crippen molar-refractivity contribution >= 4 is 5.91 Å². The van der Waals surface area contributed by atoms with E-state index in [1.807, 2.05) is 24.3 Å². The van der Waals surface area contributed by atoms with Crippen LogP contribution in [0.15, 0.2) is 53.1 Å². The molecule has 1 atom stereocenters. The van der Waals surface area contributed by atoms with Gasteiger partial charge in [0, 0.05) is 38.0 Å². The number of carbonyl (C=O) groups is 1.